The van der Waals surface area contributed by atoms with E-state index in [0.717, 1.165) is 4.47 Å². The molecule has 3 nitrogen and oxygen atoms in total. The third-order valence-electron chi connectivity index (χ3n) is 2.53. The van der Waals surface area contributed by atoms with Crippen LogP contribution in [0.25, 0.3) is 0 Å². The predicted octanol–water partition coefficient (Wildman–Crippen LogP) is 3.52. The van der Waals surface area contributed by atoms with Crippen molar-refractivity contribution in [3.05, 3.63) is 33.3 Å². The molecule has 1 rings (SSSR count). The molecule has 1 N–H and O–H groups in total. The first-order chi connectivity index (χ1) is 7.91. The van der Waals surface area contributed by atoms with Crippen molar-refractivity contribution in [2.75, 3.05) is 0 Å². The molecule has 0 aromatic heterocycles. The summed E-state index contributed by atoms with van der Waals surface area (Å²) in [7, 11) is 0. The Morgan fingerprint density at radius 3 is 2.76 bits per heavy atom. The molecule has 90 valence electrons. The van der Waals surface area contributed by atoms with Gasteiger partial charge >= 0.3 is 0 Å². The number of rotatable bonds is 3. The molecular formula is C12H12BrClN2O. The van der Waals surface area contributed by atoms with Crippen LogP contribution in [0, 0.1) is 11.3 Å². The van der Waals surface area contributed by atoms with Crippen molar-refractivity contribution in [2.24, 2.45) is 0 Å². The first-order valence-corrected chi connectivity index (χ1v) is 6.28. The molecule has 1 unspecified atom stereocenters. The number of halogens is 2. The van der Waals surface area contributed by atoms with E-state index in [9.17, 15) is 4.79 Å². The second-order valence-corrected chi connectivity index (χ2v) is 5.14. The van der Waals surface area contributed by atoms with Crippen molar-refractivity contribution in [1.82, 2.24) is 5.32 Å². The maximum absolute atomic E-state index is 11.9. The minimum Gasteiger partial charge on any atom is -0.334 e. The van der Waals surface area contributed by atoms with Crippen LogP contribution in [0.5, 0.6) is 0 Å². The highest BCUT2D eigenvalue weighted by atomic mass is 79.9. The first kappa shape index (κ1) is 14.0. The lowest BCUT2D eigenvalue weighted by molar-refractivity contribution is 0.0923. The van der Waals surface area contributed by atoms with Crippen LogP contribution in [0.15, 0.2) is 22.7 Å². The van der Waals surface area contributed by atoms with Gasteiger partial charge in [-0.3, -0.25) is 4.79 Å². The van der Waals surface area contributed by atoms with Gasteiger partial charge in [-0.1, -0.05) is 18.5 Å². The van der Waals surface area contributed by atoms with Crippen molar-refractivity contribution < 1.29 is 4.79 Å². The van der Waals surface area contributed by atoms with Gasteiger partial charge in [-0.2, -0.15) is 5.26 Å². The van der Waals surface area contributed by atoms with Gasteiger partial charge in [0.2, 0.25) is 0 Å². The molecule has 1 aromatic carbocycles. The molecule has 17 heavy (non-hydrogen) atoms. The molecule has 0 aliphatic heterocycles. The van der Waals surface area contributed by atoms with E-state index in [1.165, 1.54) is 0 Å². The minimum absolute atomic E-state index is 0.301. The lowest BCUT2D eigenvalue weighted by Gasteiger charge is -2.21. The van der Waals surface area contributed by atoms with E-state index in [0.29, 0.717) is 17.0 Å². The topological polar surface area (TPSA) is 52.9 Å². The second kappa shape index (κ2) is 5.52. The molecule has 5 heteroatoms. The molecule has 0 aliphatic rings. The fourth-order valence-electron chi connectivity index (χ4n) is 1.16. The number of benzene rings is 1. The summed E-state index contributed by atoms with van der Waals surface area (Å²) < 4.78 is 0.731. The van der Waals surface area contributed by atoms with Crippen LogP contribution in [0.3, 0.4) is 0 Å². The first-order valence-electron chi connectivity index (χ1n) is 5.10. The van der Waals surface area contributed by atoms with Crippen molar-refractivity contribution in [2.45, 2.75) is 25.8 Å². The van der Waals surface area contributed by atoms with Gasteiger partial charge in [0.15, 0.2) is 0 Å². The smallest absolute Gasteiger partial charge is 0.252 e. The summed E-state index contributed by atoms with van der Waals surface area (Å²) in [6.45, 7) is 3.53. The molecule has 1 atom stereocenters. The molecular weight excluding hydrogens is 304 g/mol. The monoisotopic (exact) mass is 314 g/mol. The standard InChI is InChI=1S/C12H12BrClN2O/c1-3-12(2,7-15)16-11(17)8-4-5-9(13)10(14)6-8/h4-6H,3H2,1-2H3,(H,16,17). The Bertz CT molecular complexity index is 484. The number of carbonyl (C=O) groups excluding carboxylic acids is 1. The normalized spacial score (nSPS) is 13.6. The molecule has 0 heterocycles. The summed E-state index contributed by atoms with van der Waals surface area (Å²) in [5.41, 5.74) is -0.412. The van der Waals surface area contributed by atoms with Gasteiger partial charge in [0.25, 0.3) is 5.91 Å². The molecule has 0 radical (unpaired) electrons. The van der Waals surface area contributed by atoms with Crippen molar-refractivity contribution in [3.8, 4) is 6.07 Å². The van der Waals surface area contributed by atoms with Crippen LogP contribution >= 0.6 is 27.5 Å². The largest absolute Gasteiger partial charge is 0.334 e. The summed E-state index contributed by atoms with van der Waals surface area (Å²) in [5, 5.41) is 12.1. The zero-order valence-corrected chi connectivity index (χ0v) is 11.9. The summed E-state index contributed by atoms with van der Waals surface area (Å²) >= 11 is 9.16. The number of amides is 1. The average molecular weight is 316 g/mol. The van der Waals surface area contributed by atoms with Crippen molar-refractivity contribution in [1.29, 1.82) is 5.26 Å². The van der Waals surface area contributed by atoms with Crippen LogP contribution < -0.4 is 5.32 Å². The van der Waals surface area contributed by atoms with E-state index in [1.54, 1.807) is 25.1 Å². The molecule has 0 fully saturated rings. The zero-order chi connectivity index (χ0) is 13.1. The van der Waals surface area contributed by atoms with E-state index in [2.05, 4.69) is 27.3 Å². The van der Waals surface area contributed by atoms with E-state index in [1.807, 2.05) is 6.92 Å². The van der Waals surface area contributed by atoms with Crippen LogP contribution in [0.1, 0.15) is 30.6 Å². The highest BCUT2D eigenvalue weighted by molar-refractivity contribution is 9.10. The van der Waals surface area contributed by atoms with Crippen molar-refractivity contribution in [3.63, 3.8) is 0 Å². The molecule has 0 aliphatic carbocycles. The number of nitrogens with zero attached hydrogens (tertiary/aromatic N) is 1. The Morgan fingerprint density at radius 2 is 2.29 bits per heavy atom. The van der Waals surface area contributed by atoms with Gasteiger partial charge < -0.3 is 5.32 Å². The molecule has 0 bridgehead atoms. The lowest BCUT2D eigenvalue weighted by Crippen LogP contribution is -2.44. The average Bonchev–Trinajstić information content (AvgIpc) is 2.32. The van der Waals surface area contributed by atoms with E-state index in [-0.39, 0.29) is 5.91 Å². The molecule has 1 amide bonds. The summed E-state index contributed by atoms with van der Waals surface area (Å²) in [4.78, 5) is 11.9. The lowest BCUT2D eigenvalue weighted by atomic mass is 10.0. The van der Waals surface area contributed by atoms with Crippen LogP contribution in [-0.4, -0.2) is 11.4 Å². The number of hydrogen-bond acceptors (Lipinski definition) is 2. The van der Waals surface area contributed by atoms with Crippen LogP contribution in [0.4, 0.5) is 0 Å². The molecule has 1 aromatic rings. The Balaban J connectivity index is 2.91. The summed E-state index contributed by atoms with van der Waals surface area (Å²) in [6.07, 6.45) is 0.541. The number of nitrogens with one attached hydrogen (secondary N) is 1. The van der Waals surface area contributed by atoms with Crippen molar-refractivity contribution >= 4 is 33.4 Å². The maximum atomic E-state index is 11.9. The Hall–Kier alpha value is -1.05. The van der Waals surface area contributed by atoms with Gasteiger partial charge in [-0.25, -0.2) is 0 Å². The maximum Gasteiger partial charge on any atom is 0.252 e. The van der Waals surface area contributed by atoms with Crippen LogP contribution in [-0.2, 0) is 0 Å². The third-order valence-corrected chi connectivity index (χ3v) is 3.76. The highest BCUT2D eigenvalue weighted by Gasteiger charge is 2.24. The summed E-state index contributed by atoms with van der Waals surface area (Å²) in [6, 6.07) is 7.00. The molecule has 0 saturated heterocycles. The van der Waals surface area contributed by atoms with Gasteiger partial charge in [0, 0.05) is 10.0 Å². The predicted molar refractivity (Wildman–Crippen MR) is 70.9 cm³/mol. The van der Waals surface area contributed by atoms with Gasteiger partial charge in [-0.05, 0) is 47.5 Å². The van der Waals surface area contributed by atoms with E-state index in [4.69, 9.17) is 16.9 Å². The SMILES string of the molecule is CCC(C)(C#N)NC(=O)c1ccc(Br)c(Cl)c1. The van der Waals surface area contributed by atoms with Gasteiger partial charge in [0.05, 0.1) is 11.1 Å². The fourth-order valence-corrected chi connectivity index (χ4v) is 1.58. The fraction of sp³-hybridized carbons (Fsp3) is 0.333. The zero-order valence-electron chi connectivity index (χ0n) is 9.55. The Kier molecular flexibility index (Phi) is 4.55. The Morgan fingerprint density at radius 1 is 1.65 bits per heavy atom. The van der Waals surface area contributed by atoms with Gasteiger partial charge in [0.1, 0.15) is 5.54 Å². The Labute approximate surface area is 114 Å². The van der Waals surface area contributed by atoms with Gasteiger partial charge in [-0.15, -0.1) is 0 Å². The molecule has 0 spiro atoms. The van der Waals surface area contributed by atoms with Crippen LogP contribution in [0.2, 0.25) is 5.02 Å². The van der Waals surface area contributed by atoms with E-state index < -0.39 is 5.54 Å². The highest BCUT2D eigenvalue weighted by Crippen LogP contribution is 2.23. The number of nitriles is 1. The third kappa shape index (κ3) is 3.45. The van der Waals surface area contributed by atoms with E-state index >= 15 is 0 Å². The number of carbonyl (C=O) groups is 1. The second-order valence-electron chi connectivity index (χ2n) is 3.88. The summed E-state index contributed by atoms with van der Waals surface area (Å²) in [5.74, 6) is -0.301. The quantitative estimate of drug-likeness (QED) is 0.927. The minimum atomic E-state index is -0.851. The number of hydrogen-bond donors (Lipinski definition) is 1. The molecule has 0 saturated carbocycles.